The van der Waals surface area contributed by atoms with Crippen LogP contribution in [0.5, 0.6) is 0 Å². The highest BCUT2D eigenvalue weighted by atomic mass is 32.2. The third-order valence-corrected chi connectivity index (χ3v) is 9.67. The van der Waals surface area contributed by atoms with Crippen LogP contribution in [0.2, 0.25) is 0 Å². The maximum Gasteiger partial charge on any atom is 0.416 e. The van der Waals surface area contributed by atoms with Crippen molar-refractivity contribution in [3.63, 3.8) is 0 Å². The van der Waals surface area contributed by atoms with Crippen molar-refractivity contribution in [1.29, 1.82) is 0 Å². The molecule has 1 fully saturated rings. The number of aliphatic hydroxyl groups is 1. The Kier molecular flexibility index (Phi) is 6.59. The predicted molar refractivity (Wildman–Crippen MR) is 142 cm³/mol. The molecule has 1 N–H and O–H groups in total. The van der Waals surface area contributed by atoms with E-state index in [1.165, 1.54) is 16.4 Å². The van der Waals surface area contributed by atoms with Gasteiger partial charge >= 0.3 is 6.18 Å². The highest BCUT2D eigenvalue weighted by Crippen LogP contribution is 2.52. The molecular formula is C29H24F4N4O3S. The Bertz CT molecular complexity index is 1720. The minimum atomic E-state index is -4.60. The van der Waals surface area contributed by atoms with Crippen molar-refractivity contribution in [2.75, 3.05) is 13.1 Å². The molecule has 2 aliphatic rings. The lowest BCUT2D eigenvalue weighted by Gasteiger charge is -2.48. The van der Waals surface area contributed by atoms with E-state index in [0.717, 1.165) is 41.1 Å². The number of aliphatic hydroxyl groups excluding tert-OH is 1. The van der Waals surface area contributed by atoms with Crippen LogP contribution in [0.3, 0.4) is 0 Å². The van der Waals surface area contributed by atoms with E-state index in [1.54, 1.807) is 47.4 Å². The van der Waals surface area contributed by atoms with Gasteiger partial charge in [-0.3, -0.25) is 4.98 Å². The molecule has 0 bridgehead atoms. The molecule has 0 unspecified atom stereocenters. The highest BCUT2D eigenvalue weighted by molar-refractivity contribution is 7.89. The molecule has 0 saturated carbocycles. The Morgan fingerprint density at radius 1 is 1.00 bits per heavy atom. The molecule has 4 aromatic rings. The van der Waals surface area contributed by atoms with E-state index in [2.05, 4.69) is 10.1 Å². The van der Waals surface area contributed by atoms with Crippen LogP contribution >= 0.6 is 0 Å². The van der Waals surface area contributed by atoms with Gasteiger partial charge in [-0.05, 0) is 85.1 Å². The first-order valence-electron chi connectivity index (χ1n) is 12.8. The van der Waals surface area contributed by atoms with E-state index < -0.39 is 33.3 Å². The van der Waals surface area contributed by atoms with Gasteiger partial charge in [0.2, 0.25) is 10.0 Å². The van der Waals surface area contributed by atoms with Gasteiger partial charge in [0.05, 0.1) is 33.7 Å². The van der Waals surface area contributed by atoms with Gasteiger partial charge < -0.3 is 5.11 Å². The van der Waals surface area contributed by atoms with E-state index in [-0.39, 0.29) is 36.6 Å². The van der Waals surface area contributed by atoms with Crippen molar-refractivity contribution in [1.82, 2.24) is 19.1 Å². The molecule has 7 nitrogen and oxygen atoms in total. The van der Waals surface area contributed by atoms with Crippen LogP contribution in [-0.4, -0.2) is 45.7 Å². The largest absolute Gasteiger partial charge is 0.416 e. The number of nitrogens with zero attached hydrogens (tertiary/aromatic N) is 4. The van der Waals surface area contributed by atoms with Gasteiger partial charge in [-0.25, -0.2) is 17.5 Å². The Morgan fingerprint density at radius 2 is 1.73 bits per heavy atom. The third-order valence-electron chi connectivity index (χ3n) is 7.81. The van der Waals surface area contributed by atoms with Gasteiger partial charge in [0, 0.05) is 24.7 Å². The lowest BCUT2D eigenvalue weighted by Crippen LogP contribution is -2.52. The maximum absolute atomic E-state index is 13.7. The van der Waals surface area contributed by atoms with Gasteiger partial charge in [0.25, 0.3) is 0 Å². The second-order valence-electron chi connectivity index (χ2n) is 10.2. The number of piperidine rings is 1. The van der Waals surface area contributed by atoms with E-state index in [0.29, 0.717) is 11.4 Å². The van der Waals surface area contributed by atoms with Crippen LogP contribution in [0.15, 0.2) is 89.6 Å². The standard InChI is InChI=1S/C29H24F4N4O3S/c30-22-6-8-23(9-7-22)37-26-15-21-12-14-36(41(39,40)24-10-4-20(5-11-24)29(31,32)33)18-28(21,16-19(26)17-35-37)27(38)25-3-1-2-13-34-25/h1-11,13,15,17,27,38H,12,14,16,18H2/t27-,28-/m0/s1. The number of benzene rings is 2. The summed E-state index contributed by atoms with van der Waals surface area (Å²) in [7, 11) is -4.20. The quantitative estimate of drug-likeness (QED) is 0.327. The summed E-state index contributed by atoms with van der Waals surface area (Å²) >= 11 is 0. The second-order valence-corrected chi connectivity index (χ2v) is 12.2. The first-order valence-corrected chi connectivity index (χ1v) is 14.2. The zero-order chi connectivity index (χ0) is 29.0. The van der Waals surface area contributed by atoms with Crippen LogP contribution in [0.4, 0.5) is 17.6 Å². The summed E-state index contributed by atoms with van der Waals surface area (Å²) in [5.74, 6) is -0.382. The number of fused-ring (bicyclic) bond motifs is 2. The van der Waals surface area contributed by atoms with Crippen LogP contribution in [-0.2, 0) is 22.6 Å². The van der Waals surface area contributed by atoms with Crippen LogP contribution in [0.25, 0.3) is 11.8 Å². The monoisotopic (exact) mass is 584 g/mol. The number of pyridine rings is 1. The number of halogens is 4. The number of rotatable bonds is 5. The molecule has 6 rings (SSSR count). The number of sulfonamides is 1. The van der Waals surface area contributed by atoms with Gasteiger partial charge in [0.1, 0.15) is 11.9 Å². The van der Waals surface area contributed by atoms with Crippen molar-refractivity contribution >= 4 is 16.1 Å². The highest BCUT2D eigenvalue weighted by Gasteiger charge is 2.51. The van der Waals surface area contributed by atoms with Crippen molar-refractivity contribution in [3.05, 3.63) is 113 Å². The lowest BCUT2D eigenvalue weighted by molar-refractivity contribution is -0.137. The van der Waals surface area contributed by atoms with Gasteiger partial charge in [-0.15, -0.1) is 0 Å². The summed E-state index contributed by atoms with van der Waals surface area (Å²) in [6, 6.07) is 14.4. The zero-order valence-corrected chi connectivity index (χ0v) is 22.3. The third kappa shape index (κ3) is 4.75. The average molecular weight is 585 g/mol. The maximum atomic E-state index is 13.7. The molecule has 1 aliphatic carbocycles. The predicted octanol–water partition coefficient (Wildman–Crippen LogP) is 5.18. The van der Waals surface area contributed by atoms with E-state index in [9.17, 15) is 31.1 Å². The molecule has 41 heavy (non-hydrogen) atoms. The second kappa shape index (κ2) is 9.89. The van der Waals surface area contributed by atoms with E-state index >= 15 is 0 Å². The summed E-state index contributed by atoms with van der Waals surface area (Å²) in [6.07, 6.45) is -0.223. The molecule has 3 heterocycles. The molecule has 2 atom stereocenters. The SMILES string of the molecule is O=S(=O)(c1ccc(C(F)(F)F)cc1)N1CCC2=Cc3c(cnn3-c3ccc(F)cc3)C[C@]2([C@@H](O)c2ccccn2)C1. The molecule has 1 aliphatic heterocycles. The number of hydrogen-bond acceptors (Lipinski definition) is 5. The van der Waals surface area contributed by atoms with Gasteiger partial charge in [0.15, 0.2) is 0 Å². The fraction of sp³-hybridized carbons (Fsp3) is 0.241. The number of alkyl halides is 3. The Morgan fingerprint density at radius 3 is 2.39 bits per heavy atom. The van der Waals surface area contributed by atoms with Gasteiger partial charge in [-0.1, -0.05) is 11.6 Å². The van der Waals surface area contributed by atoms with Crippen LogP contribution < -0.4 is 0 Å². The summed E-state index contributed by atoms with van der Waals surface area (Å²) in [5, 5.41) is 16.3. The molecule has 0 amide bonds. The minimum Gasteiger partial charge on any atom is -0.386 e. The zero-order valence-electron chi connectivity index (χ0n) is 21.5. The van der Waals surface area contributed by atoms with Crippen molar-refractivity contribution < 1.29 is 31.1 Å². The van der Waals surface area contributed by atoms with Gasteiger partial charge in [-0.2, -0.15) is 22.6 Å². The number of aromatic nitrogens is 3. The normalized spacial score (nSPS) is 20.2. The van der Waals surface area contributed by atoms with E-state index in [4.69, 9.17) is 0 Å². The fourth-order valence-corrected chi connectivity index (χ4v) is 7.21. The molecule has 0 radical (unpaired) electrons. The van der Waals surface area contributed by atoms with Crippen LogP contribution in [0, 0.1) is 11.2 Å². The Balaban J connectivity index is 1.41. The fourth-order valence-electron chi connectivity index (χ4n) is 5.70. The summed E-state index contributed by atoms with van der Waals surface area (Å²) in [6.45, 7) is -0.0625. The molecule has 12 heteroatoms. The van der Waals surface area contributed by atoms with Crippen LogP contribution in [0.1, 0.15) is 35.0 Å². The lowest BCUT2D eigenvalue weighted by atomic mass is 9.64. The molecule has 2 aromatic heterocycles. The van der Waals surface area contributed by atoms with Crippen molar-refractivity contribution in [2.45, 2.75) is 30.0 Å². The first kappa shape index (κ1) is 27.3. The Labute approximate surface area is 233 Å². The van der Waals surface area contributed by atoms with Crippen molar-refractivity contribution in [2.24, 2.45) is 5.41 Å². The molecule has 212 valence electrons. The molecule has 0 spiro atoms. The molecule has 2 aromatic carbocycles. The van der Waals surface area contributed by atoms with E-state index in [1.807, 2.05) is 6.08 Å². The summed E-state index contributed by atoms with van der Waals surface area (Å²) < 4.78 is 83.0. The topological polar surface area (TPSA) is 88.3 Å². The molecule has 1 saturated heterocycles. The smallest absolute Gasteiger partial charge is 0.386 e. The summed E-state index contributed by atoms with van der Waals surface area (Å²) in [4.78, 5) is 4.06. The first-order chi connectivity index (χ1) is 19.5. The summed E-state index contributed by atoms with van der Waals surface area (Å²) in [5.41, 5.74) is 1.24. The van der Waals surface area contributed by atoms with Crippen molar-refractivity contribution in [3.8, 4) is 5.69 Å². The number of hydrogen-bond donors (Lipinski definition) is 1. The average Bonchev–Trinajstić information content (AvgIpc) is 3.37. The molecular weight excluding hydrogens is 560 g/mol. The minimum absolute atomic E-state index is 0.0614. The Hall–Kier alpha value is -3.87.